The first-order valence-corrected chi connectivity index (χ1v) is 5.07. The molecule has 0 bridgehead atoms. The van der Waals surface area contributed by atoms with Gasteiger partial charge in [0, 0.05) is 0 Å². The molecule has 0 amide bonds. The molecule has 0 spiro atoms. The maximum atomic E-state index is 11.8. The molecule has 0 radical (unpaired) electrons. The van der Waals surface area contributed by atoms with Crippen LogP contribution in [0.3, 0.4) is 0 Å². The largest absolute Gasteiger partial charge is 0.355 e. The van der Waals surface area contributed by atoms with E-state index in [-0.39, 0.29) is 23.6 Å². The highest BCUT2D eigenvalue weighted by molar-refractivity contribution is 5.95. The van der Waals surface area contributed by atoms with Crippen LogP contribution in [-0.2, 0) is 19.0 Å². The highest BCUT2D eigenvalue weighted by Crippen LogP contribution is 2.56. The van der Waals surface area contributed by atoms with Gasteiger partial charge in [0.15, 0.2) is 23.8 Å². The second kappa shape index (κ2) is 2.21. The zero-order valence-corrected chi connectivity index (χ0v) is 8.57. The Morgan fingerprint density at radius 1 is 1.29 bits per heavy atom. The number of carbonyl (C=O) groups is 1. The Bertz CT molecular complexity index is 311. The van der Waals surface area contributed by atoms with Crippen molar-refractivity contribution in [1.29, 1.82) is 0 Å². The van der Waals surface area contributed by atoms with Crippen LogP contribution in [0.1, 0.15) is 27.2 Å². The minimum atomic E-state index is -0.649. The van der Waals surface area contributed by atoms with Gasteiger partial charge in [-0.1, -0.05) is 6.92 Å². The van der Waals surface area contributed by atoms with Crippen molar-refractivity contribution in [3.8, 4) is 0 Å². The second-order valence-electron chi connectivity index (χ2n) is 4.69. The Balaban J connectivity index is 1.95. The van der Waals surface area contributed by atoms with Gasteiger partial charge >= 0.3 is 0 Å². The molecule has 0 aromatic rings. The molecule has 3 rings (SSSR count). The number of fused-ring (bicyclic) bond motifs is 3. The molecule has 2 aliphatic heterocycles. The van der Waals surface area contributed by atoms with Crippen LogP contribution < -0.4 is 0 Å². The molecular formula is C10H14O4. The fourth-order valence-electron chi connectivity index (χ4n) is 2.65. The van der Waals surface area contributed by atoms with Gasteiger partial charge < -0.3 is 14.2 Å². The Labute approximate surface area is 82.5 Å². The van der Waals surface area contributed by atoms with E-state index in [0.29, 0.717) is 0 Å². The first-order valence-electron chi connectivity index (χ1n) is 5.07. The number of ether oxygens (including phenoxy) is 3. The fourth-order valence-corrected chi connectivity index (χ4v) is 2.65. The van der Waals surface area contributed by atoms with Crippen molar-refractivity contribution in [2.75, 3.05) is 0 Å². The van der Waals surface area contributed by atoms with E-state index in [0.717, 1.165) is 6.42 Å². The Hall–Kier alpha value is -0.450. The highest BCUT2D eigenvalue weighted by Gasteiger charge is 2.77. The summed E-state index contributed by atoms with van der Waals surface area (Å²) in [4.78, 5) is 11.8. The number of carbonyl (C=O) groups excluding carboxylic acids is 1. The third-order valence-electron chi connectivity index (χ3n) is 3.39. The normalized spacial score (nSPS) is 53.1. The first-order chi connectivity index (χ1) is 6.50. The minimum Gasteiger partial charge on any atom is -0.355 e. The quantitative estimate of drug-likeness (QED) is 0.580. The summed E-state index contributed by atoms with van der Waals surface area (Å²) in [7, 11) is 0. The molecule has 78 valence electrons. The predicted molar refractivity (Wildman–Crippen MR) is 46.7 cm³/mol. The van der Waals surface area contributed by atoms with Crippen LogP contribution in [0.5, 0.6) is 0 Å². The summed E-state index contributed by atoms with van der Waals surface area (Å²) >= 11 is 0. The lowest BCUT2D eigenvalue weighted by Crippen LogP contribution is -2.34. The van der Waals surface area contributed by atoms with Gasteiger partial charge in [-0.05, 0) is 20.3 Å². The van der Waals surface area contributed by atoms with Crippen LogP contribution in [0.4, 0.5) is 0 Å². The van der Waals surface area contributed by atoms with Crippen LogP contribution in [0.2, 0.25) is 0 Å². The number of hydrogen-bond donors (Lipinski definition) is 0. The fraction of sp³-hybridized carbons (Fsp3) is 0.900. The minimum absolute atomic E-state index is 0.0578. The van der Waals surface area contributed by atoms with Crippen molar-refractivity contribution < 1.29 is 19.0 Å². The number of epoxide rings is 1. The summed E-state index contributed by atoms with van der Waals surface area (Å²) in [6.45, 7) is 5.68. The summed E-state index contributed by atoms with van der Waals surface area (Å²) in [6.07, 6.45) is -0.0494. The Morgan fingerprint density at radius 2 is 2.00 bits per heavy atom. The van der Waals surface area contributed by atoms with Crippen molar-refractivity contribution >= 4 is 5.78 Å². The molecule has 1 saturated carbocycles. The Morgan fingerprint density at radius 3 is 2.64 bits per heavy atom. The highest BCUT2D eigenvalue weighted by atomic mass is 16.8. The number of ketones is 1. The van der Waals surface area contributed by atoms with Gasteiger partial charge in [-0.2, -0.15) is 0 Å². The number of hydrogen-bond acceptors (Lipinski definition) is 4. The molecule has 2 saturated heterocycles. The second-order valence-corrected chi connectivity index (χ2v) is 4.69. The summed E-state index contributed by atoms with van der Waals surface area (Å²) in [6, 6.07) is 0. The van der Waals surface area contributed by atoms with Gasteiger partial charge in [-0.15, -0.1) is 0 Å². The molecule has 3 fully saturated rings. The van der Waals surface area contributed by atoms with Gasteiger partial charge in [0.05, 0.1) is 0 Å². The molecule has 0 aromatic carbocycles. The van der Waals surface area contributed by atoms with Crippen molar-refractivity contribution in [3.63, 3.8) is 0 Å². The predicted octanol–water partition coefficient (Wildman–Crippen LogP) is 0.637. The van der Waals surface area contributed by atoms with E-state index in [9.17, 15) is 4.79 Å². The third-order valence-corrected chi connectivity index (χ3v) is 3.39. The van der Waals surface area contributed by atoms with Crippen LogP contribution in [0.25, 0.3) is 0 Å². The average Bonchev–Trinajstić information content (AvgIpc) is 2.71. The van der Waals surface area contributed by atoms with E-state index in [1.165, 1.54) is 0 Å². The molecule has 2 heterocycles. The topological polar surface area (TPSA) is 48.1 Å². The van der Waals surface area contributed by atoms with Crippen molar-refractivity contribution in [3.05, 3.63) is 0 Å². The molecule has 4 atom stereocenters. The van der Waals surface area contributed by atoms with Crippen molar-refractivity contribution in [2.24, 2.45) is 0 Å². The molecule has 4 heteroatoms. The van der Waals surface area contributed by atoms with E-state index in [1.807, 2.05) is 20.8 Å². The van der Waals surface area contributed by atoms with Gasteiger partial charge in [0.1, 0.15) is 11.7 Å². The van der Waals surface area contributed by atoms with Crippen LogP contribution in [-0.4, -0.2) is 35.5 Å². The first kappa shape index (κ1) is 8.83. The lowest BCUT2D eigenvalue weighted by atomic mass is 10.0. The van der Waals surface area contributed by atoms with Crippen molar-refractivity contribution in [2.45, 2.75) is 56.9 Å². The molecule has 14 heavy (non-hydrogen) atoms. The van der Waals surface area contributed by atoms with Crippen LogP contribution in [0, 0.1) is 0 Å². The molecule has 1 aliphatic carbocycles. The third kappa shape index (κ3) is 0.822. The van der Waals surface area contributed by atoms with E-state index in [2.05, 4.69) is 0 Å². The lowest BCUT2D eigenvalue weighted by molar-refractivity contribution is -0.159. The zero-order chi connectivity index (χ0) is 10.1. The summed E-state index contributed by atoms with van der Waals surface area (Å²) in [5, 5.41) is 0. The van der Waals surface area contributed by atoms with E-state index >= 15 is 0 Å². The summed E-state index contributed by atoms with van der Waals surface area (Å²) in [5.74, 6) is -0.591. The molecule has 3 unspecified atom stereocenters. The Kier molecular flexibility index (Phi) is 1.39. The van der Waals surface area contributed by atoms with Crippen LogP contribution in [0.15, 0.2) is 0 Å². The molecule has 3 aliphatic rings. The standard InChI is InChI=1S/C10H14O4/c1-4-10-7(14-10)5(11)6-8(10)13-9(2,3)12-6/h6-8H,4H2,1-3H3/t6?,7?,8-,10?/m0/s1. The maximum Gasteiger partial charge on any atom is 0.196 e. The monoisotopic (exact) mass is 198 g/mol. The van der Waals surface area contributed by atoms with Gasteiger partial charge in [0.25, 0.3) is 0 Å². The van der Waals surface area contributed by atoms with Gasteiger partial charge in [-0.25, -0.2) is 0 Å². The van der Waals surface area contributed by atoms with Crippen molar-refractivity contribution in [1.82, 2.24) is 0 Å². The number of Topliss-reactive ketones (excluding diaryl/α,β-unsaturated/α-hetero) is 1. The zero-order valence-electron chi connectivity index (χ0n) is 8.57. The van der Waals surface area contributed by atoms with E-state index < -0.39 is 11.9 Å². The average molecular weight is 198 g/mol. The van der Waals surface area contributed by atoms with Gasteiger partial charge in [0.2, 0.25) is 0 Å². The molecule has 0 N–H and O–H groups in total. The molecule has 4 nitrogen and oxygen atoms in total. The smallest absolute Gasteiger partial charge is 0.196 e. The van der Waals surface area contributed by atoms with E-state index in [1.54, 1.807) is 0 Å². The summed E-state index contributed by atoms with van der Waals surface area (Å²) in [5.41, 5.74) is -0.366. The molecule has 0 aromatic heterocycles. The number of rotatable bonds is 1. The van der Waals surface area contributed by atoms with E-state index in [4.69, 9.17) is 14.2 Å². The van der Waals surface area contributed by atoms with Crippen LogP contribution >= 0.6 is 0 Å². The van der Waals surface area contributed by atoms with Gasteiger partial charge in [-0.3, -0.25) is 4.79 Å². The SMILES string of the molecule is CCC12OC1C(=O)C1OC(C)(C)O[C@@H]12. The lowest BCUT2D eigenvalue weighted by Gasteiger charge is -2.19. The summed E-state index contributed by atoms with van der Waals surface area (Å²) < 4.78 is 16.7. The molecular weight excluding hydrogens is 184 g/mol. The maximum absolute atomic E-state index is 11.8.